The van der Waals surface area contributed by atoms with E-state index in [4.69, 9.17) is 9.84 Å². The number of carboxylic acid groups (broad SMARTS) is 1. The van der Waals surface area contributed by atoms with E-state index in [0.717, 1.165) is 31.4 Å². The molecule has 1 N–H and O–H groups in total. The van der Waals surface area contributed by atoms with Crippen molar-refractivity contribution in [1.82, 2.24) is 4.31 Å². The first-order chi connectivity index (χ1) is 15.7. The van der Waals surface area contributed by atoms with Crippen LogP contribution in [0.3, 0.4) is 0 Å². The van der Waals surface area contributed by atoms with Gasteiger partial charge in [-0.2, -0.15) is 8.70 Å². The van der Waals surface area contributed by atoms with Crippen LogP contribution in [0.15, 0.2) is 64.3 Å². The molecule has 176 valence electrons. The number of nitrogens with zero attached hydrogens (tertiary/aromatic N) is 2. The molecule has 1 spiro atoms. The maximum atomic E-state index is 13.8. The number of thioether (sulfide) groups is 1. The van der Waals surface area contributed by atoms with Crippen molar-refractivity contribution in [1.29, 1.82) is 0 Å². The lowest BCUT2D eigenvalue weighted by Crippen LogP contribution is -2.51. The Morgan fingerprint density at radius 1 is 1.21 bits per heavy atom. The lowest BCUT2D eigenvalue weighted by Gasteiger charge is -2.38. The quantitative estimate of drug-likeness (QED) is 0.366. The summed E-state index contributed by atoms with van der Waals surface area (Å²) in [7, 11) is -2.30. The van der Waals surface area contributed by atoms with Crippen molar-refractivity contribution >= 4 is 39.1 Å². The van der Waals surface area contributed by atoms with E-state index >= 15 is 0 Å². The third-order valence-corrected chi connectivity index (χ3v) is 9.14. The van der Waals surface area contributed by atoms with E-state index in [1.165, 1.54) is 22.1 Å². The van der Waals surface area contributed by atoms with Gasteiger partial charge in [0.05, 0.1) is 16.1 Å². The Morgan fingerprint density at radius 3 is 2.48 bits per heavy atom. The van der Waals surface area contributed by atoms with Crippen LogP contribution in [0.4, 0.5) is 15.8 Å². The number of rotatable bonds is 5. The van der Waals surface area contributed by atoms with Gasteiger partial charge in [0.2, 0.25) is 15.9 Å². The topological polar surface area (TPSA) is 87.1 Å². The first-order valence-electron chi connectivity index (χ1n) is 10.5. The molecular weight excluding hydrogens is 467 g/mol. The van der Waals surface area contributed by atoms with Crippen molar-refractivity contribution in [3.8, 4) is 5.75 Å². The SMILES string of the molecule is CSc1cc2c(cc1O/C=C(\F)C(=O)O)S(=O)(=O)N(C)C1(CCCC1)CN2c1ccccc1. The summed E-state index contributed by atoms with van der Waals surface area (Å²) in [6.07, 6.45) is 5.67. The molecule has 0 bridgehead atoms. The summed E-state index contributed by atoms with van der Waals surface area (Å²) in [5.41, 5.74) is 0.827. The number of carbonyl (C=O) groups is 1. The highest BCUT2D eigenvalue weighted by atomic mass is 32.2. The summed E-state index contributed by atoms with van der Waals surface area (Å²) in [6.45, 7) is 0.501. The van der Waals surface area contributed by atoms with E-state index in [-0.39, 0.29) is 10.6 Å². The van der Waals surface area contributed by atoms with Gasteiger partial charge in [-0.1, -0.05) is 31.0 Å². The molecule has 0 atom stereocenters. The molecule has 1 aliphatic carbocycles. The van der Waals surface area contributed by atoms with Gasteiger partial charge in [0.15, 0.2) is 0 Å². The Hall–Kier alpha value is -2.56. The minimum absolute atomic E-state index is 0.0366. The Kier molecular flexibility index (Phi) is 6.43. The summed E-state index contributed by atoms with van der Waals surface area (Å²) in [5, 5.41) is 8.77. The summed E-state index contributed by atoms with van der Waals surface area (Å²) in [4.78, 5) is 13.4. The maximum absolute atomic E-state index is 13.8. The molecule has 0 amide bonds. The third kappa shape index (κ3) is 4.22. The normalized spacial score (nSPS) is 19.8. The third-order valence-electron chi connectivity index (χ3n) is 6.39. The molecule has 2 aromatic carbocycles. The van der Waals surface area contributed by atoms with Crippen LogP contribution in [0, 0.1) is 0 Å². The molecule has 0 radical (unpaired) electrons. The van der Waals surface area contributed by atoms with E-state index in [0.29, 0.717) is 23.4 Å². The van der Waals surface area contributed by atoms with Crippen LogP contribution < -0.4 is 9.64 Å². The Bertz CT molecular complexity index is 1190. The number of ether oxygens (including phenoxy) is 1. The van der Waals surface area contributed by atoms with Crippen molar-refractivity contribution in [3.63, 3.8) is 0 Å². The van der Waals surface area contributed by atoms with Gasteiger partial charge < -0.3 is 14.7 Å². The van der Waals surface area contributed by atoms with Crippen molar-refractivity contribution in [2.24, 2.45) is 0 Å². The fraction of sp³-hybridized carbons (Fsp3) is 0.348. The van der Waals surface area contributed by atoms with Gasteiger partial charge in [0.1, 0.15) is 16.9 Å². The van der Waals surface area contributed by atoms with E-state index in [1.54, 1.807) is 19.4 Å². The second-order valence-corrected chi connectivity index (χ2v) is 11.0. The molecule has 33 heavy (non-hydrogen) atoms. The number of sulfonamides is 1. The number of halogens is 1. The van der Waals surface area contributed by atoms with Gasteiger partial charge in [0.25, 0.3) is 0 Å². The van der Waals surface area contributed by atoms with Gasteiger partial charge in [-0.05, 0) is 37.3 Å². The highest BCUT2D eigenvalue weighted by Crippen LogP contribution is 2.48. The number of hydrogen-bond donors (Lipinski definition) is 1. The van der Waals surface area contributed by atoms with Crippen LogP contribution in [0.25, 0.3) is 0 Å². The van der Waals surface area contributed by atoms with Crippen LogP contribution in [-0.2, 0) is 14.8 Å². The van der Waals surface area contributed by atoms with Crippen LogP contribution in [-0.4, -0.2) is 49.2 Å². The minimum Gasteiger partial charge on any atom is -0.476 e. The number of hydrogen-bond acceptors (Lipinski definition) is 6. The predicted octanol–water partition coefficient (Wildman–Crippen LogP) is 4.77. The summed E-state index contributed by atoms with van der Waals surface area (Å²) < 4.78 is 48.0. The molecule has 1 saturated carbocycles. The van der Waals surface area contributed by atoms with Gasteiger partial charge in [-0.25, -0.2) is 13.2 Å². The zero-order valence-corrected chi connectivity index (χ0v) is 20.0. The number of likely N-dealkylation sites (N-methyl/N-ethyl adjacent to an activating group) is 1. The van der Waals surface area contributed by atoms with E-state index < -0.39 is 27.4 Å². The van der Waals surface area contributed by atoms with E-state index in [9.17, 15) is 17.6 Å². The van der Waals surface area contributed by atoms with Crippen LogP contribution in [0.5, 0.6) is 5.75 Å². The zero-order valence-electron chi connectivity index (χ0n) is 18.3. The summed E-state index contributed by atoms with van der Waals surface area (Å²) in [6, 6.07) is 12.7. The van der Waals surface area contributed by atoms with Gasteiger partial charge >= 0.3 is 5.97 Å². The number of anilines is 2. The fourth-order valence-electron chi connectivity index (χ4n) is 4.59. The molecular formula is C23H25FN2O5S2. The Labute approximate surface area is 196 Å². The maximum Gasteiger partial charge on any atom is 0.368 e. The number of aliphatic carboxylic acids is 1. The zero-order chi connectivity index (χ0) is 23.8. The van der Waals surface area contributed by atoms with E-state index in [1.807, 2.05) is 35.2 Å². The predicted molar refractivity (Wildman–Crippen MR) is 125 cm³/mol. The van der Waals surface area contributed by atoms with Crippen LogP contribution in [0.1, 0.15) is 25.7 Å². The molecule has 0 saturated heterocycles. The van der Waals surface area contributed by atoms with Crippen LogP contribution in [0.2, 0.25) is 0 Å². The average molecular weight is 493 g/mol. The standard InChI is InChI=1S/C23H25FN2O5S2/c1-25-23(10-6-7-11-23)15-26(16-8-4-3-5-9-16)18-12-20(32-2)19(13-21(18)33(25,29)30)31-14-17(24)22(27)28/h3-5,8-9,12-14H,6-7,10-11,15H2,1-2H3,(H,27,28)/b17-14-. The number of fused-ring (bicyclic) bond motifs is 1. The van der Waals surface area contributed by atoms with E-state index in [2.05, 4.69) is 0 Å². The molecule has 1 heterocycles. The van der Waals surface area contributed by atoms with Gasteiger partial charge in [-0.3, -0.25) is 0 Å². The first kappa shape index (κ1) is 23.6. The molecule has 2 aromatic rings. The van der Waals surface area contributed by atoms with Crippen molar-refractivity contribution in [2.45, 2.75) is 41.0 Å². The minimum atomic E-state index is -3.92. The molecule has 4 rings (SSSR count). The fourth-order valence-corrected chi connectivity index (χ4v) is 6.86. The highest BCUT2D eigenvalue weighted by Gasteiger charge is 2.49. The average Bonchev–Trinajstić information content (AvgIpc) is 3.27. The van der Waals surface area contributed by atoms with Gasteiger partial charge in [-0.15, -0.1) is 11.8 Å². The molecule has 0 unspecified atom stereocenters. The monoisotopic (exact) mass is 492 g/mol. The highest BCUT2D eigenvalue weighted by molar-refractivity contribution is 7.98. The lowest BCUT2D eigenvalue weighted by molar-refractivity contribution is -0.134. The Morgan fingerprint density at radius 2 is 1.88 bits per heavy atom. The number of benzene rings is 2. The molecule has 1 aliphatic heterocycles. The summed E-state index contributed by atoms with van der Waals surface area (Å²) in [5.74, 6) is -3.17. The molecule has 0 aromatic heterocycles. The number of carboxylic acids is 1. The lowest BCUT2D eigenvalue weighted by atomic mass is 9.96. The van der Waals surface area contributed by atoms with Crippen molar-refractivity contribution < 1.29 is 27.4 Å². The second kappa shape index (κ2) is 9.00. The Balaban J connectivity index is 1.94. The first-order valence-corrected chi connectivity index (χ1v) is 13.2. The molecule has 7 nitrogen and oxygen atoms in total. The van der Waals surface area contributed by atoms with Crippen molar-refractivity contribution in [3.05, 3.63) is 54.6 Å². The van der Waals surface area contributed by atoms with Crippen molar-refractivity contribution in [2.75, 3.05) is 24.7 Å². The largest absolute Gasteiger partial charge is 0.476 e. The van der Waals surface area contributed by atoms with Crippen LogP contribution >= 0.6 is 11.8 Å². The smallest absolute Gasteiger partial charge is 0.368 e. The molecule has 1 fully saturated rings. The number of para-hydroxylation sites is 1. The van der Waals surface area contributed by atoms with Gasteiger partial charge in [0, 0.05) is 25.3 Å². The molecule has 10 heteroatoms. The second-order valence-electron chi connectivity index (χ2n) is 8.19. The molecule has 2 aliphatic rings. The summed E-state index contributed by atoms with van der Waals surface area (Å²) >= 11 is 1.30.